The minimum Gasteiger partial charge on any atom is -0.438 e. The second kappa shape index (κ2) is 8.81. The summed E-state index contributed by atoms with van der Waals surface area (Å²) in [6.45, 7) is 3.97. The number of fused-ring (bicyclic) bond motifs is 1. The second-order valence-corrected chi connectivity index (χ2v) is 8.86. The normalized spacial score (nSPS) is 14.8. The van der Waals surface area contributed by atoms with Crippen molar-refractivity contribution in [2.45, 2.75) is 6.54 Å². The first kappa shape index (κ1) is 19.6. The van der Waals surface area contributed by atoms with Gasteiger partial charge in [-0.1, -0.05) is 52.3 Å². The van der Waals surface area contributed by atoms with Crippen molar-refractivity contribution < 1.29 is 9.47 Å². The lowest BCUT2D eigenvalue weighted by Gasteiger charge is -2.25. The van der Waals surface area contributed by atoms with Gasteiger partial charge in [0.1, 0.15) is 16.4 Å². The van der Waals surface area contributed by atoms with Gasteiger partial charge in [0.05, 0.1) is 25.1 Å². The third-order valence-electron chi connectivity index (χ3n) is 5.01. The number of benzene rings is 2. The van der Waals surface area contributed by atoms with Crippen LogP contribution in [-0.4, -0.2) is 41.2 Å². The number of morpholine rings is 1. The molecule has 0 N–H and O–H groups in total. The third-order valence-corrected chi connectivity index (χ3v) is 6.38. The molecular weight excluding hydrogens is 462 g/mol. The molecule has 2 aromatic heterocycles. The Bertz CT molecular complexity index is 1160. The summed E-state index contributed by atoms with van der Waals surface area (Å²) in [4.78, 5) is 13.0. The van der Waals surface area contributed by atoms with Crippen LogP contribution in [0.5, 0.6) is 11.6 Å². The zero-order valence-electron chi connectivity index (χ0n) is 16.3. The molecule has 0 aliphatic carbocycles. The van der Waals surface area contributed by atoms with Crippen molar-refractivity contribution in [1.29, 1.82) is 0 Å². The van der Waals surface area contributed by atoms with Crippen LogP contribution < -0.4 is 4.74 Å². The summed E-state index contributed by atoms with van der Waals surface area (Å²) in [5.41, 5.74) is 2.23. The Hall–Kier alpha value is -2.32. The van der Waals surface area contributed by atoms with Crippen molar-refractivity contribution in [2.24, 2.45) is 0 Å². The first-order valence-electron chi connectivity index (χ1n) is 9.83. The fourth-order valence-corrected chi connectivity index (χ4v) is 4.86. The Morgan fingerprint density at radius 3 is 2.67 bits per heavy atom. The number of aromatic nitrogens is 2. The van der Waals surface area contributed by atoms with Gasteiger partial charge in [-0.25, -0.2) is 4.98 Å². The van der Waals surface area contributed by atoms with Crippen LogP contribution in [0.3, 0.4) is 0 Å². The van der Waals surface area contributed by atoms with E-state index in [4.69, 9.17) is 19.4 Å². The SMILES string of the molecule is Brc1cccc(Oc2nc(CN3CCOCC3)nc3scc(-c4ccccc4)c23)c1. The molecule has 1 aliphatic rings. The van der Waals surface area contributed by atoms with Gasteiger partial charge in [-0.05, 0) is 23.8 Å². The molecule has 1 fully saturated rings. The van der Waals surface area contributed by atoms with Crippen LogP contribution >= 0.6 is 27.3 Å². The molecule has 7 heteroatoms. The van der Waals surface area contributed by atoms with Gasteiger partial charge in [-0.2, -0.15) is 4.98 Å². The highest BCUT2D eigenvalue weighted by atomic mass is 79.9. The highest BCUT2D eigenvalue weighted by Gasteiger charge is 2.19. The van der Waals surface area contributed by atoms with Gasteiger partial charge in [0, 0.05) is 28.5 Å². The summed E-state index contributed by atoms with van der Waals surface area (Å²) in [7, 11) is 0. The molecule has 0 spiro atoms. The summed E-state index contributed by atoms with van der Waals surface area (Å²) < 4.78 is 12.7. The largest absolute Gasteiger partial charge is 0.438 e. The van der Waals surface area contributed by atoms with E-state index in [-0.39, 0.29) is 0 Å². The van der Waals surface area contributed by atoms with E-state index in [0.29, 0.717) is 12.4 Å². The van der Waals surface area contributed by atoms with Crippen molar-refractivity contribution in [1.82, 2.24) is 14.9 Å². The quantitative estimate of drug-likeness (QED) is 0.363. The van der Waals surface area contributed by atoms with E-state index in [1.807, 2.05) is 42.5 Å². The van der Waals surface area contributed by atoms with E-state index in [1.54, 1.807) is 11.3 Å². The highest BCUT2D eigenvalue weighted by molar-refractivity contribution is 9.10. The Balaban J connectivity index is 1.59. The summed E-state index contributed by atoms with van der Waals surface area (Å²) >= 11 is 5.15. The van der Waals surface area contributed by atoms with Gasteiger partial charge in [0.25, 0.3) is 0 Å². The van der Waals surface area contributed by atoms with Gasteiger partial charge in [-0.15, -0.1) is 11.3 Å². The van der Waals surface area contributed by atoms with E-state index in [1.165, 1.54) is 0 Å². The van der Waals surface area contributed by atoms with Crippen molar-refractivity contribution in [2.75, 3.05) is 26.3 Å². The zero-order valence-corrected chi connectivity index (χ0v) is 18.7. The van der Waals surface area contributed by atoms with E-state index in [0.717, 1.165) is 63.7 Å². The van der Waals surface area contributed by atoms with Gasteiger partial charge >= 0.3 is 0 Å². The number of halogens is 1. The molecule has 2 aromatic carbocycles. The third kappa shape index (κ3) is 4.25. The van der Waals surface area contributed by atoms with E-state index in [9.17, 15) is 0 Å². The fourth-order valence-electron chi connectivity index (χ4n) is 3.53. The Labute approximate surface area is 187 Å². The van der Waals surface area contributed by atoms with Gasteiger partial charge in [0.15, 0.2) is 0 Å². The van der Waals surface area contributed by atoms with Gasteiger partial charge in [0.2, 0.25) is 5.88 Å². The molecule has 4 aromatic rings. The van der Waals surface area contributed by atoms with E-state index >= 15 is 0 Å². The van der Waals surface area contributed by atoms with Crippen LogP contribution in [0.1, 0.15) is 5.82 Å². The molecule has 1 aliphatic heterocycles. The van der Waals surface area contributed by atoms with Crippen LogP contribution in [0.25, 0.3) is 21.3 Å². The summed E-state index contributed by atoms with van der Waals surface area (Å²) in [5.74, 6) is 2.12. The number of thiophene rings is 1. The van der Waals surface area contributed by atoms with Crippen LogP contribution in [0.2, 0.25) is 0 Å². The van der Waals surface area contributed by atoms with Crippen LogP contribution in [0.15, 0.2) is 64.5 Å². The van der Waals surface area contributed by atoms with Crippen molar-refractivity contribution in [3.8, 4) is 22.8 Å². The van der Waals surface area contributed by atoms with Crippen molar-refractivity contribution >= 4 is 37.5 Å². The Kier molecular flexibility index (Phi) is 5.77. The number of rotatable bonds is 5. The van der Waals surface area contributed by atoms with Crippen molar-refractivity contribution in [3.05, 3.63) is 70.3 Å². The highest BCUT2D eigenvalue weighted by Crippen LogP contribution is 2.39. The molecule has 0 radical (unpaired) electrons. The topological polar surface area (TPSA) is 47.5 Å². The monoisotopic (exact) mass is 481 g/mol. The Morgan fingerprint density at radius 2 is 1.87 bits per heavy atom. The number of hydrogen-bond donors (Lipinski definition) is 0. The summed E-state index contributed by atoms with van der Waals surface area (Å²) in [6, 6.07) is 18.1. The lowest BCUT2D eigenvalue weighted by atomic mass is 10.1. The molecule has 152 valence electrons. The van der Waals surface area contributed by atoms with Crippen molar-refractivity contribution in [3.63, 3.8) is 0 Å². The lowest BCUT2D eigenvalue weighted by molar-refractivity contribution is 0.0330. The van der Waals surface area contributed by atoms with Crippen LogP contribution in [0.4, 0.5) is 0 Å². The number of nitrogens with zero attached hydrogens (tertiary/aromatic N) is 3. The lowest BCUT2D eigenvalue weighted by Crippen LogP contribution is -2.36. The molecule has 1 saturated heterocycles. The molecular formula is C23H20BrN3O2S. The molecule has 5 nitrogen and oxygen atoms in total. The average molecular weight is 482 g/mol. The fraction of sp³-hybridized carbons (Fsp3) is 0.217. The van der Waals surface area contributed by atoms with Gasteiger partial charge in [-0.3, -0.25) is 4.90 Å². The van der Waals surface area contributed by atoms with Gasteiger partial charge < -0.3 is 9.47 Å². The molecule has 30 heavy (non-hydrogen) atoms. The Morgan fingerprint density at radius 1 is 1.03 bits per heavy atom. The molecule has 0 bridgehead atoms. The predicted molar refractivity (Wildman–Crippen MR) is 123 cm³/mol. The molecule has 0 atom stereocenters. The van der Waals surface area contributed by atoms with E-state index in [2.05, 4.69) is 38.3 Å². The predicted octanol–water partition coefficient (Wildman–Crippen LogP) is 5.75. The number of hydrogen-bond acceptors (Lipinski definition) is 6. The maximum absolute atomic E-state index is 6.31. The minimum atomic E-state index is 0.599. The maximum Gasteiger partial charge on any atom is 0.232 e. The first-order chi connectivity index (χ1) is 14.8. The average Bonchev–Trinajstić information content (AvgIpc) is 3.19. The smallest absolute Gasteiger partial charge is 0.232 e. The van der Waals surface area contributed by atoms with Crippen LogP contribution in [-0.2, 0) is 11.3 Å². The molecule has 5 rings (SSSR count). The second-order valence-electron chi connectivity index (χ2n) is 7.09. The summed E-state index contributed by atoms with van der Waals surface area (Å²) in [5, 5.41) is 3.10. The molecule has 0 saturated carbocycles. The number of ether oxygens (including phenoxy) is 2. The minimum absolute atomic E-state index is 0.599. The molecule has 3 heterocycles. The maximum atomic E-state index is 6.31. The summed E-state index contributed by atoms with van der Waals surface area (Å²) in [6.07, 6.45) is 0. The first-order valence-corrected chi connectivity index (χ1v) is 11.5. The molecule has 0 amide bonds. The molecule has 0 unspecified atom stereocenters. The zero-order chi connectivity index (χ0) is 20.3. The standard InChI is InChI=1S/C23H20BrN3O2S/c24-17-7-4-8-18(13-17)29-22-21-19(16-5-2-1-3-6-16)15-30-23(21)26-20(25-22)14-27-9-11-28-12-10-27/h1-8,13,15H,9-12,14H2. The van der Waals surface area contributed by atoms with Crippen LogP contribution in [0, 0.1) is 0 Å². The van der Waals surface area contributed by atoms with E-state index < -0.39 is 0 Å².